The molecule has 0 bridgehead atoms. The molecule has 0 radical (unpaired) electrons. The standard InChI is InChI=1S/C18H18N4O2/c1-18(2,3)11-6-4-10(5-7-11)13-12(8-19)15(20)24-17-14(13)16(23)21-9-22-17/h4-7,9,13H,20H2,1-3H3,(H,21,22,23). The average molecular weight is 322 g/mol. The van der Waals surface area contributed by atoms with Crippen molar-refractivity contribution in [2.75, 3.05) is 0 Å². The number of hydrogen-bond donors (Lipinski definition) is 2. The molecule has 1 unspecified atom stereocenters. The lowest BCUT2D eigenvalue weighted by molar-refractivity contribution is 0.375. The van der Waals surface area contributed by atoms with Gasteiger partial charge in [0.2, 0.25) is 11.8 Å². The van der Waals surface area contributed by atoms with Crippen LogP contribution in [-0.4, -0.2) is 9.97 Å². The molecule has 2 heterocycles. The number of benzene rings is 1. The lowest BCUT2D eigenvalue weighted by Gasteiger charge is -2.25. The number of allylic oxidation sites excluding steroid dienone is 1. The number of nitriles is 1. The molecule has 1 aliphatic heterocycles. The normalized spacial score (nSPS) is 17.0. The van der Waals surface area contributed by atoms with Gasteiger partial charge in [-0.15, -0.1) is 0 Å². The Morgan fingerprint density at radius 3 is 2.54 bits per heavy atom. The molecule has 1 atom stereocenters. The molecule has 3 N–H and O–H groups in total. The summed E-state index contributed by atoms with van der Waals surface area (Å²) in [6.07, 6.45) is 1.26. The van der Waals surface area contributed by atoms with Crippen molar-refractivity contribution in [1.29, 1.82) is 5.26 Å². The lowest BCUT2D eigenvalue weighted by Crippen LogP contribution is -2.28. The largest absolute Gasteiger partial charge is 0.422 e. The lowest BCUT2D eigenvalue weighted by atomic mass is 9.82. The predicted molar refractivity (Wildman–Crippen MR) is 89.3 cm³/mol. The third-order valence-corrected chi connectivity index (χ3v) is 4.13. The Hall–Kier alpha value is -3.07. The highest BCUT2D eigenvalue weighted by Gasteiger charge is 2.34. The first-order valence-corrected chi connectivity index (χ1v) is 7.58. The Bertz CT molecular complexity index is 912. The van der Waals surface area contributed by atoms with Crippen molar-refractivity contribution in [3.05, 3.63) is 69.1 Å². The van der Waals surface area contributed by atoms with Gasteiger partial charge in [0.1, 0.15) is 11.6 Å². The van der Waals surface area contributed by atoms with Crippen molar-refractivity contribution in [2.24, 2.45) is 5.73 Å². The van der Waals surface area contributed by atoms with Gasteiger partial charge in [0.05, 0.1) is 17.8 Å². The van der Waals surface area contributed by atoms with Gasteiger partial charge < -0.3 is 15.5 Å². The number of fused-ring (bicyclic) bond motifs is 1. The van der Waals surface area contributed by atoms with Gasteiger partial charge in [-0.3, -0.25) is 4.79 Å². The van der Waals surface area contributed by atoms with Crippen molar-refractivity contribution >= 4 is 0 Å². The highest BCUT2D eigenvalue weighted by molar-refractivity contribution is 5.52. The van der Waals surface area contributed by atoms with E-state index >= 15 is 0 Å². The van der Waals surface area contributed by atoms with Crippen LogP contribution in [0.4, 0.5) is 0 Å². The van der Waals surface area contributed by atoms with Crippen molar-refractivity contribution < 1.29 is 4.74 Å². The molecule has 24 heavy (non-hydrogen) atoms. The van der Waals surface area contributed by atoms with Gasteiger partial charge in [0, 0.05) is 0 Å². The zero-order valence-electron chi connectivity index (χ0n) is 13.8. The van der Waals surface area contributed by atoms with Crippen LogP contribution in [0.25, 0.3) is 0 Å². The fraction of sp³-hybridized carbons (Fsp3) is 0.278. The molecule has 0 saturated carbocycles. The molecule has 2 aromatic rings. The summed E-state index contributed by atoms with van der Waals surface area (Å²) >= 11 is 0. The summed E-state index contributed by atoms with van der Waals surface area (Å²) in [5.74, 6) is -0.474. The van der Waals surface area contributed by atoms with E-state index < -0.39 is 5.92 Å². The van der Waals surface area contributed by atoms with Gasteiger partial charge in [0.15, 0.2) is 0 Å². The summed E-state index contributed by atoms with van der Waals surface area (Å²) in [5.41, 5.74) is 8.00. The first-order chi connectivity index (χ1) is 11.3. The van der Waals surface area contributed by atoms with E-state index in [2.05, 4.69) is 36.8 Å². The number of aromatic nitrogens is 2. The number of aromatic amines is 1. The van der Waals surface area contributed by atoms with E-state index in [1.54, 1.807) is 0 Å². The van der Waals surface area contributed by atoms with Crippen LogP contribution in [0, 0.1) is 11.3 Å². The van der Waals surface area contributed by atoms with E-state index in [-0.39, 0.29) is 28.3 Å². The molecule has 0 fully saturated rings. The number of ether oxygens (including phenoxy) is 1. The molecular weight excluding hydrogens is 304 g/mol. The van der Waals surface area contributed by atoms with Gasteiger partial charge in [-0.25, -0.2) is 4.98 Å². The van der Waals surface area contributed by atoms with E-state index in [1.807, 2.05) is 24.3 Å². The smallest absolute Gasteiger partial charge is 0.258 e. The van der Waals surface area contributed by atoms with E-state index in [9.17, 15) is 10.1 Å². The fourth-order valence-corrected chi connectivity index (χ4v) is 2.80. The fourth-order valence-electron chi connectivity index (χ4n) is 2.80. The van der Waals surface area contributed by atoms with Gasteiger partial charge >= 0.3 is 0 Å². The van der Waals surface area contributed by atoms with Gasteiger partial charge in [0.25, 0.3) is 5.56 Å². The van der Waals surface area contributed by atoms with Crippen LogP contribution in [0.15, 0.2) is 46.8 Å². The summed E-state index contributed by atoms with van der Waals surface area (Å²) < 4.78 is 5.35. The SMILES string of the molecule is CC(C)(C)c1ccc(C2C(C#N)=C(N)Oc3nc[nH]c(=O)c32)cc1. The van der Waals surface area contributed by atoms with E-state index in [1.165, 1.54) is 6.33 Å². The minimum absolute atomic E-state index is 0.0120. The first-order valence-electron chi connectivity index (χ1n) is 7.58. The third-order valence-electron chi connectivity index (χ3n) is 4.13. The Balaban J connectivity index is 2.19. The van der Waals surface area contributed by atoms with Crippen LogP contribution >= 0.6 is 0 Å². The van der Waals surface area contributed by atoms with Gasteiger partial charge in [-0.2, -0.15) is 5.26 Å². The molecule has 0 spiro atoms. The first kappa shape index (κ1) is 15.8. The minimum atomic E-state index is -0.592. The summed E-state index contributed by atoms with van der Waals surface area (Å²) in [6, 6.07) is 9.89. The van der Waals surface area contributed by atoms with Crippen molar-refractivity contribution in [3.8, 4) is 11.9 Å². The monoisotopic (exact) mass is 322 g/mol. The average Bonchev–Trinajstić information content (AvgIpc) is 2.53. The maximum Gasteiger partial charge on any atom is 0.258 e. The molecule has 1 aromatic heterocycles. The van der Waals surface area contributed by atoms with Crippen LogP contribution in [-0.2, 0) is 5.41 Å². The third kappa shape index (κ3) is 2.54. The second-order valence-electron chi connectivity index (χ2n) is 6.75. The highest BCUT2D eigenvalue weighted by atomic mass is 16.5. The molecule has 1 aliphatic rings. The van der Waals surface area contributed by atoms with Crippen LogP contribution < -0.4 is 16.0 Å². The van der Waals surface area contributed by atoms with Crippen LogP contribution in [0.5, 0.6) is 5.88 Å². The Kier molecular flexibility index (Phi) is 3.64. The summed E-state index contributed by atoms with van der Waals surface area (Å²) in [4.78, 5) is 18.9. The second-order valence-corrected chi connectivity index (χ2v) is 6.75. The van der Waals surface area contributed by atoms with Crippen molar-refractivity contribution in [1.82, 2.24) is 9.97 Å². The summed E-state index contributed by atoms with van der Waals surface area (Å²) in [5, 5.41) is 9.49. The Labute approximate surface area is 139 Å². The van der Waals surface area contributed by atoms with E-state index in [4.69, 9.17) is 10.5 Å². The molecule has 0 aliphatic carbocycles. The van der Waals surface area contributed by atoms with Crippen LogP contribution in [0.2, 0.25) is 0 Å². The number of rotatable bonds is 1. The second kappa shape index (κ2) is 5.53. The molecule has 1 aromatic carbocycles. The molecule has 6 heteroatoms. The Morgan fingerprint density at radius 2 is 1.96 bits per heavy atom. The molecule has 0 saturated heterocycles. The molecule has 6 nitrogen and oxygen atoms in total. The predicted octanol–water partition coefficient (Wildman–Crippen LogP) is 2.29. The van der Waals surface area contributed by atoms with Crippen molar-refractivity contribution in [3.63, 3.8) is 0 Å². The van der Waals surface area contributed by atoms with Crippen molar-refractivity contribution in [2.45, 2.75) is 32.1 Å². The summed E-state index contributed by atoms with van der Waals surface area (Å²) in [7, 11) is 0. The molecule has 0 amide bonds. The number of H-pyrrole nitrogens is 1. The number of nitrogens with one attached hydrogen (secondary N) is 1. The highest BCUT2D eigenvalue weighted by Crippen LogP contribution is 2.39. The molecule has 3 rings (SSSR count). The molecular formula is C18H18N4O2. The van der Waals surface area contributed by atoms with Crippen LogP contribution in [0.1, 0.15) is 43.4 Å². The van der Waals surface area contributed by atoms with E-state index in [0.29, 0.717) is 5.56 Å². The maximum atomic E-state index is 12.3. The zero-order chi connectivity index (χ0) is 17.5. The topological polar surface area (TPSA) is 105 Å². The zero-order valence-corrected chi connectivity index (χ0v) is 13.8. The number of nitrogens with zero attached hydrogens (tertiary/aromatic N) is 2. The van der Waals surface area contributed by atoms with E-state index in [0.717, 1.165) is 11.1 Å². The van der Waals surface area contributed by atoms with Crippen LogP contribution in [0.3, 0.4) is 0 Å². The maximum absolute atomic E-state index is 12.3. The molecule has 122 valence electrons. The van der Waals surface area contributed by atoms with Gasteiger partial charge in [-0.05, 0) is 16.5 Å². The quantitative estimate of drug-likeness (QED) is 0.838. The number of nitrogens with two attached hydrogens (primary N) is 1. The summed E-state index contributed by atoms with van der Waals surface area (Å²) in [6.45, 7) is 6.37. The minimum Gasteiger partial charge on any atom is -0.422 e. The number of hydrogen-bond acceptors (Lipinski definition) is 5. The van der Waals surface area contributed by atoms with Gasteiger partial charge in [-0.1, -0.05) is 45.0 Å². The Morgan fingerprint density at radius 1 is 1.29 bits per heavy atom.